The van der Waals surface area contributed by atoms with E-state index in [1.165, 1.54) is 16.9 Å². The summed E-state index contributed by atoms with van der Waals surface area (Å²) in [6.45, 7) is 4.10. The van der Waals surface area contributed by atoms with E-state index in [0.717, 1.165) is 26.6 Å². The summed E-state index contributed by atoms with van der Waals surface area (Å²) >= 11 is 6.81. The first-order valence-corrected chi connectivity index (χ1v) is 9.71. The number of aromatic nitrogens is 1. The molecule has 1 heterocycles. The van der Waals surface area contributed by atoms with Gasteiger partial charge < -0.3 is 5.32 Å². The normalized spacial score (nSPS) is 10.9. The van der Waals surface area contributed by atoms with Crippen molar-refractivity contribution in [2.45, 2.75) is 13.8 Å². The van der Waals surface area contributed by atoms with E-state index < -0.39 is 0 Å². The largest absolute Gasteiger partial charge is 0.308 e. The predicted octanol–water partition coefficient (Wildman–Crippen LogP) is 5.19. The van der Waals surface area contributed by atoms with Crippen LogP contribution in [0, 0.1) is 13.8 Å². The third kappa shape index (κ3) is 3.67. The summed E-state index contributed by atoms with van der Waals surface area (Å²) in [7, 11) is 0. The Morgan fingerprint density at radius 3 is 2.63 bits per heavy atom. The number of nitrogens with one attached hydrogen (secondary N) is 2. The van der Waals surface area contributed by atoms with Gasteiger partial charge in [0.05, 0.1) is 10.2 Å². The fourth-order valence-corrected chi connectivity index (χ4v) is 4.36. The monoisotopic (exact) mass is 391 g/mol. The van der Waals surface area contributed by atoms with Crippen molar-refractivity contribution in [3.63, 3.8) is 0 Å². The summed E-state index contributed by atoms with van der Waals surface area (Å²) in [5, 5.41) is 8.76. The van der Waals surface area contributed by atoms with Gasteiger partial charge in [0, 0.05) is 5.56 Å². The first-order valence-electron chi connectivity index (χ1n) is 8.48. The molecule has 4 nitrogen and oxygen atoms in total. The van der Waals surface area contributed by atoms with E-state index in [4.69, 9.17) is 12.2 Å². The zero-order valence-electron chi connectivity index (χ0n) is 14.9. The van der Waals surface area contributed by atoms with Crippen molar-refractivity contribution in [1.82, 2.24) is 10.3 Å². The van der Waals surface area contributed by atoms with Crippen molar-refractivity contribution >= 4 is 60.7 Å². The molecule has 1 amide bonds. The number of carbonyl (C=O) groups is 1. The van der Waals surface area contributed by atoms with Crippen LogP contribution in [0.15, 0.2) is 54.6 Å². The maximum Gasteiger partial charge on any atom is 0.257 e. The highest BCUT2D eigenvalue weighted by molar-refractivity contribution is 7.80. The maximum atomic E-state index is 12.5. The van der Waals surface area contributed by atoms with E-state index in [0.29, 0.717) is 10.7 Å². The zero-order valence-corrected chi connectivity index (χ0v) is 16.5. The Bertz CT molecular complexity index is 1200. The lowest BCUT2D eigenvalue weighted by Crippen LogP contribution is -2.34. The Morgan fingerprint density at radius 1 is 1.04 bits per heavy atom. The minimum atomic E-state index is -0.244. The van der Waals surface area contributed by atoms with Gasteiger partial charge in [-0.1, -0.05) is 47.7 Å². The second kappa shape index (κ2) is 7.06. The Labute approximate surface area is 166 Å². The number of anilines is 1. The standard InChI is InChI=1S/C21H17N3OS2/c1-12-9-13(2)18-17(10-12)27-21(22-18)24-20(26)23-19(25)16-8-7-14-5-3-4-6-15(14)11-16/h3-11H,1-2H3,(H2,22,23,24,25,26). The molecule has 0 fully saturated rings. The van der Waals surface area contributed by atoms with Gasteiger partial charge in [-0.15, -0.1) is 0 Å². The van der Waals surface area contributed by atoms with Gasteiger partial charge in [0.15, 0.2) is 10.2 Å². The Kier molecular flexibility index (Phi) is 4.59. The van der Waals surface area contributed by atoms with E-state index in [2.05, 4.69) is 34.7 Å². The second-order valence-corrected chi connectivity index (χ2v) is 7.86. The van der Waals surface area contributed by atoms with Crippen LogP contribution in [0.25, 0.3) is 21.0 Å². The first-order chi connectivity index (χ1) is 13.0. The SMILES string of the molecule is Cc1cc(C)c2nc(NC(=S)NC(=O)c3ccc4ccccc4c3)sc2c1. The molecule has 0 radical (unpaired) electrons. The number of benzene rings is 3. The van der Waals surface area contributed by atoms with Gasteiger partial charge in [0.1, 0.15) is 0 Å². The smallest absolute Gasteiger partial charge is 0.257 e. The molecular weight excluding hydrogens is 374 g/mol. The summed E-state index contributed by atoms with van der Waals surface area (Å²) in [6, 6.07) is 17.7. The fourth-order valence-electron chi connectivity index (χ4n) is 3.06. The third-order valence-electron chi connectivity index (χ3n) is 4.29. The molecule has 0 spiro atoms. The number of rotatable bonds is 2. The molecule has 0 atom stereocenters. The minimum absolute atomic E-state index is 0.238. The van der Waals surface area contributed by atoms with Gasteiger partial charge in [-0.2, -0.15) is 0 Å². The van der Waals surface area contributed by atoms with Crippen LogP contribution in [0.2, 0.25) is 0 Å². The molecule has 0 saturated heterocycles. The molecule has 1 aromatic heterocycles. The summed E-state index contributed by atoms with van der Waals surface area (Å²) in [5.74, 6) is -0.244. The number of nitrogens with zero attached hydrogens (tertiary/aromatic N) is 1. The van der Waals surface area contributed by atoms with Gasteiger partial charge in [0.25, 0.3) is 5.91 Å². The number of hydrogen-bond donors (Lipinski definition) is 2. The number of aryl methyl sites for hydroxylation is 2. The lowest BCUT2D eigenvalue weighted by Gasteiger charge is -2.08. The van der Waals surface area contributed by atoms with Crippen LogP contribution in [-0.4, -0.2) is 16.0 Å². The molecule has 4 aromatic rings. The van der Waals surface area contributed by atoms with Gasteiger partial charge in [-0.25, -0.2) is 4.98 Å². The first kappa shape index (κ1) is 17.6. The summed E-state index contributed by atoms with van der Waals surface area (Å²) < 4.78 is 1.10. The highest BCUT2D eigenvalue weighted by Crippen LogP contribution is 2.29. The van der Waals surface area contributed by atoms with Crippen LogP contribution in [0.5, 0.6) is 0 Å². The van der Waals surface area contributed by atoms with Crippen LogP contribution < -0.4 is 10.6 Å². The molecule has 0 aliphatic carbocycles. The summed E-state index contributed by atoms with van der Waals surface area (Å²) in [5.41, 5.74) is 3.84. The highest BCUT2D eigenvalue weighted by Gasteiger charge is 2.12. The Balaban J connectivity index is 1.50. The minimum Gasteiger partial charge on any atom is -0.308 e. The number of fused-ring (bicyclic) bond motifs is 2. The average Bonchev–Trinajstić information content (AvgIpc) is 3.03. The van der Waals surface area contributed by atoms with Crippen molar-refractivity contribution in [3.05, 3.63) is 71.3 Å². The highest BCUT2D eigenvalue weighted by atomic mass is 32.1. The predicted molar refractivity (Wildman–Crippen MR) is 117 cm³/mol. The number of thiazole rings is 1. The quantitative estimate of drug-likeness (QED) is 0.462. The van der Waals surface area contributed by atoms with Crippen LogP contribution in [0.1, 0.15) is 21.5 Å². The van der Waals surface area contributed by atoms with Crippen molar-refractivity contribution in [2.75, 3.05) is 5.32 Å². The van der Waals surface area contributed by atoms with Crippen LogP contribution in [-0.2, 0) is 0 Å². The van der Waals surface area contributed by atoms with Crippen LogP contribution in [0.3, 0.4) is 0 Å². The van der Waals surface area contributed by atoms with Gasteiger partial charge in [-0.3, -0.25) is 10.1 Å². The number of thiocarbonyl (C=S) groups is 1. The second-order valence-electron chi connectivity index (χ2n) is 6.42. The molecule has 4 rings (SSSR count). The third-order valence-corrected chi connectivity index (χ3v) is 5.41. The molecule has 3 aromatic carbocycles. The van der Waals surface area contributed by atoms with Crippen molar-refractivity contribution in [1.29, 1.82) is 0 Å². The Morgan fingerprint density at radius 2 is 1.81 bits per heavy atom. The van der Waals surface area contributed by atoms with E-state index in [9.17, 15) is 4.79 Å². The van der Waals surface area contributed by atoms with E-state index in [1.807, 2.05) is 43.3 Å². The van der Waals surface area contributed by atoms with Crippen LogP contribution >= 0.6 is 23.6 Å². The zero-order chi connectivity index (χ0) is 19.0. The molecule has 0 saturated carbocycles. The summed E-state index contributed by atoms with van der Waals surface area (Å²) in [4.78, 5) is 17.1. The summed E-state index contributed by atoms with van der Waals surface area (Å²) in [6.07, 6.45) is 0. The number of carbonyl (C=O) groups excluding carboxylic acids is 1. The molecule has 0 aliphatic rings. The molecule has 0 unspecified atom stereocenters. The van der Waals surface area contributed by atoms with Crippen molar-refractivity contribution in [2.24, 2.45) is 0 Å². The lowest BCUT2D eigenvalue weighted by molar-refractivity contribution is 0.0978. The topological polar surface area (TPSA) is 54.0 Å². The van der Waals surface area contributed by atoms with E-state index >= 15 is 0 Å². The maximum absolute atomic E-state index is 12.5. The lowest BCUT2D eigenvalue weighted by atomic mass is 10.1. The molecule has 134 valence electrons. The van der Waals surface area contributed by atoms with E-state index in [1.54, 1.807) is 6.07 Å². The van der Waals surface area contributed by atoms with Gasteiger partial charge >= 0.3 is 0 Å². The van der Waals surface area contributed by atoms with Crippen molar-refractivity contribution in [3.8, 4) is 0 Å². The van der Waals surface area contributed by atoms with E-state index in [-0.39, 0.29) is 11.0 Å². The molecule has 6 heteroatoms. The van der Waals surface area contributed by atoms with Gasteiger partial charge in [-0.05, 0) is 66.2 Å². The molecule has 0 aliphatic heterocycles. The van der Waals surface area contributed by atoms with Crippen LogP contribution in [0.4, 0.5) is 5.13 Å². The average molecular weight is 392 g/mol. The Hall–Kier alpha value is -2.83. The van der Waals surface area contributed by atoms with Gasteiger partial charge in [0.2, 0.25) is 0 Å². The fraction of sp³-hybridized carbons (Fsp3) is 0.0952. The van der Waals surface area contributed by atoms with Crippen molar-refractivity contribution < 1.29 is 4.79 Å². The number of amides is 1. The molecule has 0 bridgehead atoms. The molecule has 27 heavy (non-hydrogen) atoms. The molecule has 2 N–H and O–H groups in total. The molecular formula is C21H17N3OS2. The number of hydrogen-bond acceptors (Lipinski definition) is 4.